The second-order valence-electron chi connectivity index (χ2n) is 9.54. The topological polar surface area (TPSA) is 32.7 Å². The van der Waals surface area contributed by atoms with Crippen molar-refractivity contribution in [3.8, 4) is 5.75 Å². The minimum Gasteiger partial charge on any atom is -0.497 e. The molecular formula is C26H35NO2. The van der Waals surface area contributed by atoms with E-state index in [1.807, 2.05) is 18.2 Å². The van der Waals surface area contributed by atoms with E-state index in [-0.39, 0.29) is 11.3 Å². The quantitative estimate of drug-likeness (QED) is 0.754. The van der Waals surface area contributed by atoms with Gasteiger partial charge in [-0.05, 0) is 66.7 Å². The third-order valence-corrected chi connectivity index (χ3v) is 6.05. The van der Waals surface area contributed by atoms with Crippen molar-refractivity contribution in [1.82, 2.24) is 4.90 Å². The number of methoxy groups -OCH3 is 1. The Morgan fingerprint density at radius 1 is 1.14 bits per heavy atom. The summed E-state index contributed by atoms with van der Waals surface area (Å²) >= 11 is 0. The molecule has 0 saturated heterocycles. The predicted molar refractivity (Wildman–Crippen MR) is 121 cm³/mol. The van der Waals surface area contributed by atoms with Gasteiger partial charge in [-0.2, -0.15) is 0 Å². The van der Waals surface area contributed by atoms with Gasteiger partial charge in [-0.3, -0.25) is 0 Å². The zero-order valence-corrected chi connectivity index (χ0v) is 18.7. The van der Waals surface area contributed by atoms with Crippen LogP contribution in [0, 0.1) is 5.92 Å². The van der Waals surface area contributed by atoms with Crippen molar-refractivity contribution in [3.05, 3.63) is 70.8 Å². The van der Waals surface area contributed by atoms with E-state index in [1.165, 1.54) is 5.56 Å². The molecule has 0 heterocycles. The maximum atomic E-state index is 12.1. The van der Waals surface area contributed by atoms with E-state index in [9.17, 15) is 5.11 Å². The Kier molecular flexibility index (Phi) is 6.21. The van der Waals surface area contributed by atoms with Gasteiger partial charge < -0.3 is 14.7 Å². The Bertz CT molecular complexity index is 861. The third kappa shape index (κ3) is 4.57. The maximum Gasteiger partial charge on any atom is 0.119 e. The van der Waals surface area contributed by atoms with Gasteiger partial charge in [0.15, 0.2) is 0 Å². The molecule has 0 bridgehead atoms. The van der Waals surface area contributed by atoms with Crippen molar-refractivity contribution in [3.63, 3.8) is 0 Å². The molecule has 156 valence electrons. The van der Waals surface area contributed by atoms with E-state index in [0.29, 0.717) is 0 Å². The van der Waals surface area contributed by atoms with Crippen molar-refractivity contribution in [2.45, 2.75) is 44.6 Å². The number of rotatable bonds is 5. The minimum atomic E-state index is -0.955. The molecule has 0 aliphatic heterocycles. The highest BCUT2D eigenvalue weighted by Gasteiger charge is 2.46. The fourth-order valence-corrected chi connectivity index (χ4v) is 4.42. The molecule has 2 atom stereocenters. The summed E-state index contributed by atoms with van der Waals surface area (Å²) in [6.07, 6.45) is 4.02. The molecule has 0 amide bonds. The first-order valence-corrected chi connectivity index (χ1v) is 10.5. The van der Waals surface area contributed by atoms with Crippen LogP contribution < -0.4 is 4.74 Å². The van der Waals surface area contributed by atoms with E-state index in [0.717, 1.165) is 41.8 Å². The molecule has 1 saturated carbocycles. The molecule has 0 spiro atoms. The van der Waals surface area contributed by atoms with Crippen LogP contribution in [0.2, 0.25) is 0 Å². The van der Waals surface area contributed by atoms with Crippen molar-refractivity contribution in [2.24, 2.45) is 5.92 Å². The first kappa shape index (κ1) is 21.6. The highest BCUT2D eigenvalue weighted by atomic mass is 16.5. The number of hydrogen-bond donors (Lipinski definition) is 1. The molecular weight excluding hydrogens is 358 g/mol. The zero-order valence-electron chi connectivity index (χ0n) is 18.7. The van der Waals surface area contributed by atoms with Crippen LogP contribution in [0.1, 0.15) is 50.3 Å². The highest BCUT2D eigenvalue weighted by Crippen LogP contribution is 2.48. The molecule has 1 N–H and O–H groups in total. The van der Waals surface area contributed by atoms with Gasteiger partial charge in [-0.15, -0.1) is 0 Å². The normalized spacial score (nSPS) is 23.7. The summed E-state index contributed by atoms with van der Waals surface area (Å²) in [4.78, 5) is 2.17. The fourth-order valence-electron chi connectivity index (χ4n) is 4.42. The van der Waals surface area contributed by atoms with Crippen LogP contribution >= 0.6 is 0 Å². The summed E-state index contributed by atoms with van der Waals surface area (Å²) in [5.74, 6) is 0.995. The summed E-state index contributed by atoms with van der Waals surface area (Å²) in [6.45, 7) is 7.51. The summed E-state index contributed by atoms with van der Waals surface area (Å²) < 4.78 is 5.38. The monoisotopic (exact) mass is 393 g/mol. The van der Waals surface area contributed by atoms with Crippen molar-refractivity contribution >= 4 is 6.08 Å². The Labute approximate surface area is 176 Å². The lowest BCUT2D eigenvalue weighted by molar-refractivity contribution is 0.0216. The van der Waals surface area contributed by atoms with E-state index in [4.69, 9.17) is 4.74 Å². The van der Waals surface area contributed by atoms with Crippen molar-refractivity contribution in [1.29, 1.82) is 0 Å². The Balaban J connectivity index is 2.05. The van der Waals surface area contributed by atoms with Gasteiger partial charge in [-0.1, -0.05) is 63.2 Å². The third-order valence-electron chi connectivity index (χ3n) is 6.05. The van der Waals surface area contributed by atoms with Crippen LogP contribution in [-0.4, -0.2) is 37.8 Å². The van der Waals surface area contributed by atoms with Crippen LogP contribution in [0.4, 0.5) is 0 Å². The lowest BCUT2D eigenvalue weighted by Gasteiger charge is -2.34. The molecule has 1 fully saturated rings. The van der Waals surface area contributed by atoms with Gasteiger partial charge >= 0.3 is 0 Å². The number of ether oxygens (including phenoxy) is 1. The first-order valence-electron chi connectivity index (χ1n) is 10.5. The highest BCUT2D eigenvalue weighted by molar-refractivity contribution is 5.59. The number of nitrogens with zero attached hydrogens (tertiary/aromatic N) is 1. The van der Waals surface area contributed by atoms with Gasteiger partial charge in [0.25, 0.3) is 0 Å². The number of aliphatic hydroxyl groups is 1. The fraction of sp³-hybridized carbons (Fsp3) is 0.462. The smallest absolute Gasteiger partial charge is 0.119 e. The van der Waals surface area contributed by atoms with Gasteiger partial charge in [0.05, 0.1) is 7.11 Å². The SMILES string of the molecule is COc1cccc(/C=C2\CCC(CN(C)C)C2(O)c2ccc(C(C)(C)C)cc2)c1. The Morgan fingerprint density at radius 3 is 2.41 bits per heavy atom. The van der Waals surface area contributed by atoms with Gasteiger partial charge in [0.2, 0.25) is 0 Å². The first-order chi connectivity index (χ1) is 13.6. The summed E-state index contributed by atoms with van der Waals surface area (Å²) in [6, 6.07) is 16.6. The maximum absolute atomic E-state index is 12.1. The van der Waals surface area contributed by atoms with Gasteiger partial charge in [0.1, 0.15) is 11.4 Å². The molecule has 3 nitrogen and oxygen atoms in total. The molecule has 0 aromatic heterocycles. The van der Waals surface area contributed by atoms with E-state index < -0.39 is 5.60 Å². The molecule has 2 aromatic carbocycles. The summed E-state index contributed by atoms with van der Waals surface area (Å²) in [5, 5.41) is 12.1. The molecule has 1 aliphatic rings. The predicted octanol–water partition coefficient (Wildman–Crippen LogP) is 5.24. The molecule has 3 rings (SSSR count). The average molecular weight is 394 g/mol. The van der Waals surface area contributed by atoms with Crippen LogP contribution in [0.3, 0.4) is 0 Å². The molecule has 2 aromatic rings. The van der Waals surface area contributed by atoms with Crippen molar-refractivity contribution in [2.75, 3.05) is 27.7 Å². The molecule has 1 aliphatic carbocycles. The lowest BCUT2D eigenvalue weighted by atomic mass is 9.78. The second-order valence-corrected chi connectivity index (χ2v) is 9.54. The summed E-state index contributed by atoms with van der Waals surface area (Å²) in [5.41, 5.74) is 3.56. The number of benzene rings is 2. The number of hydrogen-bond acceptors (Lipinski definition) is 3. The Hall–Kier alpha value is -2.10. The second kappa shape index (κ2) is 8.33. The molecule has 0 radical (unpaired) electrons. The zero-order chi connectivity index (χ0) is 21.2. The van der Waals surface area contributed by atoms with Crippen LogP contribution in [0.25, 0.3) is 6.08 Å². The van der Waals surface area contributed by atoms with Gasteiger partial charge in [0, 0.05) is 12.5 Å². The van der Waals surface area contributed by atoms with Gasteiger partial charge in [-0.25, -0.2) is 0 Å². The minimum absolute atomic E-state index is 0.0964. The Morgan fingerprint density at radius 2 is 1.83 bits per heavy atom. The van der Waals surface area contributed by atoms with Crippen LogP contribution in [-0.2, 0) is 11.0 Å². The van der Waals surface area contributed by atoms with E-state index in [2.05, 4.69) is 76.2 Å². The van der Waals surface area contributed by atoms with E-state index >= 15 is 0 Å². The summed E-state index contributed by atoms with van der Waals surface area (Å²) in [7, 11) is 5.84. The molecule has 3 heteroatoms. The van der Waals surface area contributed by atoms with Crippen LogP contribution in [0.5, 0.6) is 5.75 Å². The molecule has 29 heavy (non-hydrogen) atoms. The lowest BCUT2D eigenvalue weighted by Crippen LogP contribution is -2.38. The average Bonchev–Trinajstić information content (AvgIpc) is 2.97. The largest absolute Gasteiger partial charge is 0.497 e. The van der Waals surface area contributed by atoms with Crippen LogP contribution in [0.15, 0.2) is 54.1 Å². The molecule has 2 unspecified atom stereocenters. The van der Waals surface area contributed by atoms with Crippen molar-refractivity contribution < 1.29 is 9.84 Å². The van der Waals surface area contributed by atoms with E-state index in [1.54, 1.807) is 7.11 Å². The standard InChI is InChI=1S/C26H35NO2/c1-25(2,3)20-10-12-21(13-11-20)26(28)22(14-15-23(26)18-27(4)5)16-19-8-7-9-24(17-19)29-6/h7-13,16-17,23,28H,14-15,18H2,1-6H3/b22-16+.